The maximum Gasteiger partial charge on any atom is 0.288 e. The van der Waals surface area contributed by atoms with Crippen LogP contribution in [0.1, 0.15) is 41.6 Å². The van der Waals surface area contributed by atoms with Crippen molar-refractivity contribution in [3.05, 3.63) is 62.8 Å². The van der Waals surface area contributed by atoms with Crippen LogP contribution in [0.2, 0.25) is 5.02 Å². The van der Waals surface area contributed by atoms with Gasteiger partial charge in [0.2, 0.25) is 5.88 Å². The second-order valence-electron chi connectivity index (χ2n) is 6.13. The van der Waals surface area contributed by atoms with Gasteiger partial charge < -0.3 is 10.1 Å². The second kappa shape index (κ2) is 8.14. The molecule has 26 heavy (non-hydrogen) atoms. The highest BCUT2D eigenvalue weighted by Crippen LogP contribution is 2.25. The maximum absolute atomic E-state index is 12.2. The Hall–Kier alpha value is -2.67. The van der Waals surface area contributed by atoms with Crippen LogP contribution in [0.25, 0.3) is 0 Å². The van der Waals surface area contributed by atoms with Crippen molar-refractivity contribution in [1.29, 1.82) is 0 Å². The van der Waals surface area contributed by atoms with Crippen LogP contribution in [0.4, 0.5) is 5.69 Å². The van der Waals surface area contributed by atoms with Crippen LogP contribution in [-0.4, -0.2) is 21.9 Å². The number of rotatable bonds is 6. The van der Waals surface area contributed by atoms with E-state index in [1.807, 2.05) is 6.07 Å². The fraction of sp³-hybridized carbons (Fsp3) is 0.333. The summed E-state index contributed by atoms with van der Waals surface area (Å²) in [4.78, 5) is 26.7. The number of hydrogen-bond donors (Lipinski definition) is 1. The third kappa shape index (κ3) is 4.49. The standard InChI is InChI=1S/C18H18ClN3O4/c19-15-7-6-13(9-16(15)22(24)25)18(23)21-11-12-5-8-17(20-10-12)26-14-3-1-2-4-14/h5-10,14H,1-4,11H2,(H,21,23). The first kappa shape index (κ1) is 18.1. The average molecular weight is 376 g/mol. The zero-order chi connectivity index (χ0) is 18.5. The van der Waals surface area contributed by atoms with Gasteiger partial charge in [0.25, 0.3) is 11.6 Å². The summed E-state index contributed by atoms with van der Waals surface area (Å²) in [6.07, 6.45) is 6.40. The highest BCUT2D eigenvalue weighted by molar-refractivity contribution is 6.32. The van der Waals surface area contributed by atoms with E-state index >= 15 is 0 Å². The number of aromatic nitrogens is 1. The lowest BCUT2D eigenvalue weighted by molar-refractivity contribution is -0.384. The van der Waals surface area contributed by atoms with Crippen LogP contribution in [0, 0.1) is 10.1 Å². The molecule has 0 atom stereocenters. The monoisotopic (exact) mass is 375 g/mol. The highest BCUT2D eigenvalue weighted by atomic mass is 35.5. The van der Waals surface area contributed by atoms with E-state index in [1.165, 1.54) is 25.0 Å². The van der Waals surface area contributed by atoms with E-state index in [1.54, 1.807) is 12.3 Å². The van der Waals surface area contributed by atoms with E-state index < -0.39 is 10.8 Å². The number of amides is 1. The molecule has 1 amide bonds. The molecule has 1 aromatic heterocycles. The Bertz CT molecular complexity index is 805. The summed E-state index contributed by atoms with van der Waals surface area (Å²) < 4.78 is 5.80. The van der Waals surface area contributed by atoms with Gasteiger partial charge in [-0.25, -0.2) is 4.98 Å². The van der Waals surface area contributed by atoms with Gasteiger partial charge in [0, 0.05) is 30.4 Å². The third-order valence-electron chi connectivity index (χ3n) is 4.25. The molecule has 2 aromatic rings. The average Bonchev–Trinajstić information content (AvgIpc) is 3.14. The van der Waals surface area contributed by atoms with Crippen LogP contribution in [0.15, 0.2) is 36.5 Å². The molecule has 1 aliphatic rings. The summed E-state index contributed by atoms with van der Waals surface area (Å²) in [7, 11) is 0. The molecule has 1 aromatic carbocycles. The Balaban J connectivity index is 1.57. The molecular formula is C18H18ClN3O4. The van der Waals surface area contributed by atoms with Crippen molar-refractivity contribution < 1.29 is 14.5 Å². The van der Waals surface area contributed by atoms with E-state index in [4.69, 9.17) is 16.3 Å². The minimum absolute atomic E-state index is 0.00592. The first-order chi connectivity index (χ1) is 12.5. The Kier molecular flexibility index (Phi) is 5.68. The van der Waals surface area contributed by atoms with E-state index in [9.17, 15) is 14.9 Å². The van der Waals surface area contributed by atoms with Crippen LogP contribution >= 0.6 is 11.6 Å². The molecule has 1 N–H and O–H groups in total. The van der Waals surface area contributed by atoms with E-state index in [2.05, 4.69) is 10.3 Å². The Morgan fingerprint density at radius 2 is 2.08 bits per heavy atom. The minimum Gasteiger partial charge on any atom is -0.474 e. The Labute approximate surface area is 155 Å². The van der Waals surface area contributed by atoms with Gasteiger partial charge in [0.1, 0.15) is 11.1 Å². The van der Waals surface area contributed by atoms with Crippen LogP contribution < -0.4 is 10.1 Å². The van der Waals surface area contributed by atoms with Crippen molar-refractivity contribution in [2.45, 2.75) is 38.3 Å². The van der Waals surface area contributed by atoms with E-state index in [0.717, 1.165) is 24.5 Å². The van der Waals surface area contributed by atoms with Gasteiger partial charge in [-0.3, -0.25) is 14.9 Å². The minimum atomic E-state index is -0.619. The lowest BCUT2D eigenvalue weighted by Gasteiger charge is -2.12. The third-order valence-corrected chi connectivity index (χ3v) is 4.56. The topological polar surface area (TPSA) is 94.4 Å². The summed E-state index contributed by atoms with van der Waals surface area (Å²) >= 11 is 5.75. The number of carbonyl (C=O) groups is 1. The molecule has 0 aliphatic heterocycles. The van der Waals surface area contributed by atoms with E-state index in [0.29, 0.717) is 5.88 Å². The summed E-state index contributed by atoms with van der Waals surface area (Å²) in [6.45, 7) is 0.256. The first-order valence-corrected chi connectivity index (χ1v) is 8.74. The Morgan fingerprint density at radius 3 is 2.73 bits per heavy atom. The van der Waals surface area contributed by atoms with Crippen molar-refractivity contribution in [1.82, 2.24) is 10.3 Å². The summed E-state index contributed by atoms with van der Waals surface area (Å²) in [5, 5.41) is 13.6. The van der Waals surface area contributed by atoms with Gasteiger partial charge >= 0.3 is 0 Å². The number of ether oxygens (including phenoxy) is 1. The second-order valence-corrected chi connectivity index (χ2v) is 6.54. The first-order valence-electron chi connectivity index (χ1n) is 8.36. The number of nitro benzene ring substituents is 1. The van der Waals surface area contributed by atoms with Gasteiger partial charge in [0.05, 0.1) is 4.92 Å². The number of nitrogens with one attached hydrogen (secondary N) is 1. The molecule has 0 saturated heterocycles. The zero-order valence-corrected chi connectivity index (χ0v) is 14.7. The van der Waals surface area contributed by atoms with Gasteiger partial charge in [0.15, 0.2) is 0 Å². The normalized spacial score (nSPS) is 14.2. The molecule has 136 valence electrons. The summed E-state index contributed by atoms with van der Waals surface area (Å²) in [5.41, 5.74) is 0.685. The smallest absolute Gasteiger partial charge is 0.288 e. The molecule has 1 heterocycles. The molecule has 3 rings (SSSR count). The fourth-order valence-electron chi connectivity index (χ4n) is 2.84. The lowest BCUT2D eigenvalue weighted by Crippen LogP contribution is -2.23. The number of pyridine rings is 1. The van der Waals surface area contributed by atoms with Crippen molar-refractivity contribution in [3.63, 3.8) is 0 Å². The van der Waals surface area contributed by atoms with Crippen molar-refractivity contribution in [2.24, 2.45) is 0 Å². The number of halogens is 1. The molecule has 0 bridgehead atoms. The Morgan fingerprint density at radius 1 is 1.31 bits per heavy atom. The quantitative estimate of drug-likeness (QED) is 0.610. The molecule has 1 fully saturated rings. The van der Waals surface area contributed by atoms with Crippen molar-refractivity contribution >= 4 is 23.2 Å². The molecule has 8 heteroatoms. The van der Waals surface area contributed by atoms with Gasteiger partial charge in [-0.05, 0) is 43.4 Å². The lowest BCUT2D eigenvalue weighted by atomic mass is 10.2. The van der Waals surface area contributed by atoms with E-state index in [-0.39, 0.29) is 28.9 Å². The molecule has 0 unspecified atom stereocenters. The van der Waals surface area contributed by atoms with Gasteiger partial charge in [-0.2, -0.15) is 0 Å². The molecule has 7 nitrogen and oxygen atoms in total. The number of nitro groups is 1. The zero-order valence-electron chi connectivity index (χ0n) is 14.0. The van der Waals surface area contributed by atoms with Crippen molar-refractivity contribution in [3.8, 4) is 5.88 Å². The molecule has 1 aliphatic carbocycles. The number of benzene rings is 1. The summed E-state index contributed by atoms with van der Waals surface area (Å²) in [6, 6.07) is 7.57. The molecule has 0 spiro atoms. The van der Waals surface area contributed by atoms with Gasteiger partial charge in [-0.1, -0.05) is 17.7 Å². The van der Waals surface area contributed by atoms with Crippen LogP contribution in [0.3, 0.4) is 0 Å². The van der Waals surface area contributed by atoms with Crippen LogP contribution in [0.5, 0.6) is 5.88 Å². The SMILES string of the molecule is O=C(NCc1ccc(OC2CCCC2)nc1)c1ccc(Cl)c([N+](=O)[O-])c1. The van der Waals surface area contributed by atoms with Crippen molar-refractivity contribution in [2.75, 3.05) is 0 Å². The largest absolute Gasteiger partial charge is 0.474 e. The van der Waals surface area contributed by atoms with Crippen LogP contribution in [-0.2, 0) is 6.54 Å². The highest BCUT2D eigenvalue weighted by Gasteiger charge is 2.17. The number of hydrogen-bond acceptors (Lipinski definition) is 5. The predicted molar refractivity (Wildman–Crippen MR) is 96.4 cm³/mol. The summed E-state index contributed by atoms with van der Waals surface area (Å²) in [5.74, 6) is 0.163. The number of carbonyl (C=O) groups excluding carboxylic acids is 1. The maximum atomic E-state index is 12.2. The molecule has 1 saturated carbocycles. The van der Waals surface area contributed by atoms with Gasteiger partial charge in [-0.15, -0.1) is 0 Å². The molecule has 0 radical (unpaired) electrons. The number of nitrogens with zero attached hydrogens (tertiary/aromatic N) is 2. The predicted octanol–water partition coefficient (Wildman–Crippen LogP) is 3.89. The molecular weight excluding hydrogens is 358 g/mol. The fourth-order valence-corrected chi connectivity index (χ4v) is 3.03.